The number of esters is 1. The highest BCUT2D eigenvalue weighted by molar-refractivity contribution is 6.35. The van der Waals surface area contributed by atoms with Crippen molar-refractivity contribution in [3.8, 4) is 0 Å². The third kappa shape index (κ3) is 4.25. The summed E-state index contributed by atoms with van der Waals surface area (Å²) in [5, 5.41) is 3.35. The van der Waals surface area contributed by atoms with E-state index in [1.807, 2.05) is 6.92 Å². The number of benzene rings is 1. The maximum Gasteiger partial charge on any atom is 0.325 e. The van der Waals surface area contributed by atoms with Gasteiger partial charge in [-0.1, -0.05) is 42.6 Å². The summed E-state index contributed by atoms with van der Waals surface area (Å²) < 4.78 is 5.04. The molecule has 0 aromatic heterocycles. The Morgan fingerprint density at radius 3 is 2.68 bits per heavy atom. The summed E-state index contributed by atoms with van der Waals surface area (Å²) in [6.45, 7) is 3.86. The summed E-state index contributed by atoms with van der Waals surface area (Å²) in [4.78, 5) is 37.6. The molecule has 1 fully saturated rings. The number of ether oxygens (including phenoxy) is 1. The van der Waals surface area contributed by atoms with Crippen LogP contribution in [0, 0.1) is 0 Å². The van der Waals surface area contributed by atoms with Gasteiger partial charge in [0.15, 0.2) is 0 Å². The molecular formula is C17H20Cl2N2O4. The van der Waals surface area contributed by atoms with E-state index in [-0.39, 0.29) is 18.0 Å². The monoisotopic (exact) mass is 386 g/mol. The van der Waals surface area contributed by atoms with E-state index in [4.69, 9.17) is 27.9 Å². The van der Waals surface area contributed by atoms with Gasteiger partial charge in [-0.2, -0.15) is 0 Å². The minimum absolute atomic E-state index is 0.0452. The van der Waals surface area contributed by atoms with Crippen LogP contribution in [0.15, 0.2) is 18.2 Å². The lowest BCUT2D eigenvalue weighted by Crippen LogP contribution is -2.41. The van der Waals surface area contributed by atoms with Crippen LogP contribution < -0.4 is 5.32 Å². The fraction of sp³-hybridized carbons (Fsp3) is 0.471. The molecule has 0 unspecified atom stereocenters. The van der Waals surface area contributed by atoms with Gasteiger partial charge in [0.2, 0.25) is 0 Å². The molecule has 1 heterocycles. The molecule has 0 spiro atoms. The highest BCUT2D eigenvalue weighted by Crippen LogP contribution is 2.34. The Morgan fingerprint density at radius 2 is 2.04 bits per heavy atom. The molecule has 1 aliphatic heterocycles. The van der Waals surface area contributed by atoms with Crippen LogP contribution in [0.2, 0.25) is 10.0 Å². The molecule has 1 N–H and O–H groups in total. The van der Waals surface area contributed by atoms with Crippen molar-refractivity contribution in [2.75, 3.05) is 13.2 Å². The predicted octanol–water partition coefficient (Wildman–Crippen LogP) is 3.49. The minimum atomic E-state index is -1.30. The number of hydrogen-bond acceptors (Lipinski definition) is 4. The number of amides is 3. The number of unbranched alkanes of at least 4 members (excludes halogenated alkanes) is 1. The van der Waals surface area contributed by atoms with E-state index in [2.05, 4.69) is 5.32 Å². The summed E-state index contributed by atoms with van der Waals surface area (Å²) in [7, 11) is 0. The lowest BCUT2D eigenvalue weighted by Gasteiger charge is -2.23. The highest BCUT2D eigenvalue weighted by atomic mass is 35.5. The maximum absolute atomic E-state index is 12.7. The van der Waals surface area contributed by atoms with Gasteiger partial charge >= 0.3 is 12.0 Å². The lowest BCUT2D eigenvalue weighted by molar-refractivity contribution is -0.144. The van der Waals surface area contributed by atoms with Gasteiger partial charge in [0.25, 0.3) is 5.91 Å². The molecule has 0 saturated carbocycles. The summed E-state index contributed by atoms with van der Waals surface area (Å²) >= 11 is 12.1. The first kappa shape index (κ1) is 19.5. The average Bonchev–Trinajstić information content (AvgIpc) is 2.75. The first-order valence-electron chi connectivity index (χ1n) is 8.05. The van der Waals surface area contributed by atoms with E-state index in [0.717, 1.165) is 17.7 Å². The van der Waals surface area contributed by atoms with E-state index in [0.29, 0.717) is 17.2 Å². The molecule has 6 nitrogen and oxygen atoms in total. The Kier molecular flexibility index (Phi) is 6.30. The van der Waals surface area contributed by atoms with E-state index < -0.39 is 23.4 Å². The number of halogens is 2. The van der Waals surface area contributed by atoms with Crippen molar-refractivity contribution >= 4 is 41.1 Å². The Hall–Kier alpha value is -1.79. The molecule has 3 amide bonds. The number of hydrogen-bond donors (Lipinski definition) is 1. The van der Waals surface area contributed by atoms with Crippen LogP contribution in [0.5, 0.6) is 0 Å². The third-order valence-corrected chi connectivity index (χ3v) is 4.59. The zero-order chi connectivity index (χ0) is 18.6. The van der Waals surface area contributed by atoms with Crippen LogP contribution in [0.25, 0.3) is 0 Å². The quantitative estimate of drug-likeness (QED) is 0.442. The summed E-state index contributed by atoms with van der Waals surface area (Å²) in [6, 6.07) is 4.14. The Morgan fingerprint density at radius 1 is 1.32 bits per heavy atom. The van der Waals surface area contributed by atoms with Gasteiger partial charge < -0.3 is 10.1 Å². The van der Waals surface area contributed by atoms with Crippen LogP contribution >= 0.6 is 23.2 Å². The van der Waals surface area contributed by atoms with Crippen LogP contribution in [0.1, 0.15) is 38.7 Å². The van der Waals surface area contributed by atoms with Crippen LogP contribution in [0.4, 0.5) is 4.79 Å². The standard InChI is InChI=1S/C17H20Cl2N2O4/c1-3-4-9-25-14(22)7-8-21-15(23)17(2,20-16(21)24)12-6-5-11(18)10-13(12)19/h5-6,10H,3-4,7-9H2,1-2H3,(H,20,24)/t17-/m0/s1. The largest absolute Gasteiger partial charge is 0.466 e. The van der Waals surface area contributed by atoms with Gasteiger partial charge in [0.1, 0.15) is 5.54 Å². The number of imide groups is 1. The van der Waals surface area contributed by atoms with E-state index >= 15 is 0 Å². The van der Waals surface area contributed by atoms with Crippen molar-refractivity contribution in [2.24, 2.45) is 0 Å². The Balaban J connectivity index is 2.07. The molecule has 0 bridgehead atoms. The topological polar surface area (TPSA) is 75.7 Å². The summed E-state index contributed by atoms with van der Waals surface area (Å²) in [6.07, 6.45) is 1.65. The van der Waals surface area contributed by atoms with Gasteiger partial charge in [0, 0.05) is 22.2 Å². The number of urea groups is 1. The highest BCUT2D eigenvalue weighted by Gasteiger charge is 2.49. The SMILES string of the molecule is CCCCOC(=O)CCN1C(=O)N[C@@](C)(c2ccc(Cl)cc2Cl)C1=O. The first-order chi connectivity index (χ1) is 11.8. The fourth-order valence-corrected chi connectivity index (χ4v) is 3.18. The maximum atomic E-state index is 12.7. The van der Waals surface area contributed by atoms with Crippen molar-refractivity contribution in [3.05, 3.63) is 33.8 Å². The molecular weight excluding hydrogens is 367 g/mol. The fourth-order valence-electron chi connectivity index (χ4n) is 2.58. The van der Waals surface area contributed by atoms with Gasteiger partial charge in [-0.05, 0) is 25.5 Å². The van der Waals surface area contributed by atoms with E-state index in [1.54, 1.807) is 19.1 Å². The second-order valence-electron chi connectivity index (χ2n) is 5.96. The molecule has 2 rings (SSSR count). The van der Waals surface area contributed by atoms with Crippen molar-refractivity contribution in [2.45, 2.75) is 38.6 Å². The first-order valence-corrected chi connectivity index (χ1v) is 8.80. The predicted molar refractivity (Wildman–Crippen MR) is 94.5 cm³/mol. The molecule has 1 aromatic carbocycles. The molecule has 1 atom stereocenters. The summed E-state index contributed by atoms with van der Waals surface area (Å²) in [5.74, 6) is -0.907. The summed E-state index contributed by atoms with van der Waals surface area (Å²) in [5.41, 5.74) is -0.852. The number of nitrogens with zero attached hydrogens (tertiary/aromatic N) is 1. The number of rotatable bonds is 7. The molecule has 0 aliphatic carbocycles. The zero-order valence-corrected chi connectivity index (χ0v) is 15.6. The second kappa shape index (κ2) is 8.06. The van der Waals surface area contributed by atoms with Gasteiger partial charge in [0.05, 0.1) is 13.0 Å². The minimum Gasteiger partial charge on any atom is -0.466 e. The molecule has 1 aromatic rings. The van der Waals surface area contributed by atoms with Crippen molar-refractivity contribution in [1.29, 1.82) is 0 Å². The van der Waals surface area contributed by atoms with E-state index in [9.17, 15) is 14.4 Å². The van der Waals surface area contributed by atoms with Crippen LogP contribution in [-0.2, 0) is 19.9 Å². The number of nitrogens with one attached hydrogen (secondary N) is 1. The van der Waals surface area contributed by atoms with Gasteiger partial charge in [-0.3, -0.25) is 14.5 Å². The van der Waals surface area contributed by atoms with Crippen LogP contribution in [0.3, 0.4) is 0 Å². The Bertz CT molecular complexity index is 695. The van der Waals surface area contributed by atoms with Gasteiger partial charge in [-0.15, -0.1) is 0 Å². The molecule has 1 saturated heterocycles. The molecule has 25 heavy (non-hydrogen) atoms. The van der Waals surface area contributed by atoms with Crippen LogP contribution in [-0.4, -0.2) is 36.0 Å². The van der Waals surface area contributed by atoms with Crippen molar-refractivity contribution in [1.82, 2.24) is 10.2 Å². The van der Waals surface area contributed by atoms with Crippen molar-refractivity contribution in [3.63, 3.8) is 0 Å². The lowest BCUT2D eigenvalue weighted by atomic mass is 9.92. The Labute approximate surface area is 156 Å². The second-order valence-corrected chi connectivity index (χ2v) is 6.80. The van der Waals surface area contributed by atoms with Crippen molar-refractivity contribution < 1.29 is 19.1 Å². The normalized spacial score (nSPS) is 19.9. The average molecular weight is 387 g/mol. The zero-order valence-electron chi connectivity index (χ0n) is 14.1. The van der Waals surface area contributed by atoms with Gasteiger partial charge in [-0.25, -0.2) is 4.79 Å². The smallest absolute Gasteiger partial charge is 0.325 e. The molecule has 136 valence electrons. The molecule has 8 heteroatoms. The molecule has 0 radical (unpaired) electrons. The molecule has 1 aliphatic rings. The number of carbonyl (C=O) groups excluding carboxylic acids is 3. The third-order valence-electron chi connectivity index (χ3n) is 4.05. The number of carbonyl (C=O) groups is 3. The van der Waals surface area contributed by atoms with E-state index in [1.165, 1.54) is 6.07 Å².